The highest BCUT2D eigenvalue weighted by molar-refractivity contribution is 9.10. The lowest BCUT2D eigenvalue weighted by Gasteiger charge is -1.95. The minimum atomic E-state index is 0.808. The van der Waals surface area contributed by atoms with Crippen molar-refractivity contribution in [1.29, 1.82) is 0 Å². The average molecular weight is 274 g/mol. The molecule has 0 nitrogen and oxygen atoms in total. The van der Waals surface area contributed by atoms with Gasteiger partial charge >= 0.3 is 0 Å². The van der Waals surface area contributed by atoms with E-state index in [1.807, 2.05) is 23.6 Å². The van der Waals surface area contributed by atoms with Crippen LogP contribution in [-0.2, 0) is 0 Å². The lowest BCUT2D eigenvalue weighted by Crippen LogP contribution is -1.70. The van der Waals surface area contributed by atoms with Gasteiger partial charge < -0.3 is 0 Å². The van der Waals surface area contributed by atoms with Crippen LogP contribution in [-0.4, -0.2) is 0 Å². The third kappa shape index (κ3) is 2.13. The molecule has 1 aromatic heterocycles. The second kappa shape index (κ2) is 3.82. The zero-order chi connectivity index (χ0) is 9.26. The van der Waals surface area contributed by atoms with E-state index in [1.165, 1.54) is 10.4 Å². The van der Waals surface area contributed by atoms with Crippen molar-refractivity contribution < 1.29 is 0 Å². The minimum Gasteiger partial charge on any atom is -0.142 e. The highest BCUT2D eigenvalue weighted by Crippen LogP contribution is 2.30. The summed E-state index contributed by atoms with van der Waals surface area (Å²) in [6, 6.07) is 10.2. The Morgan fingerprint density at radius 2 is 1.85 bits per heavy atom. The molecule has 1 aromatic carbocycles. The van der Waals surface area contributed by atoms with Crippen LogP contribution < -0.4 is 0 Å². The van der Waals surface area contributed by atoms with Crippen LogP contribution in [0, 0.1) is 0 Å². The summed E-state index contributed by atoms with van der Waals surface area (Å²) in [6.07, 6.45) is 0. The molecular weight excluding hydrogens is 268 g/mol. The Hall–Kier alpha value is -0.310. The number of thiophene rings is 1. The maximum Gasteiger partial charge on any atom is 0.0519 e. The number of halogens is 2. The number of hydrogen-bond acceptors (Lipinski definition) is 1. The topological polar surface area (TPSA) is 0 Å². The van der Waals surface area contributed by atoms with E-state index in [1.54, 1.807) is 11.3 Å². The fourth-order valence-electron chi connectivity index (χ4n) is 1.08. The fraction of sp³-hybridized carbons (Fsp3) is 0. The van der Waals surface area contributed by atoms with Crippen molar-refractivity contribution in [3.8, 4) is 10.4 Å². The molecule has 3 heteroatoms. The van der Waals surface area contributed by atoms with Crippen LogP contribution in [0.5, 0.6) is 0 Å². The van der Waals surface area contributed by atoms with Crippen LogP contribution in [0.15, 0.2) is 40.2 Å². The Kier molecular flexibility index (Phi) is 2.72. The quantitative estimate of drug-likeness (QED) is 0.698. The van der Waals surface area contributed by atoms with Gasteiger partial charge in [-0.05, 0) is 23.8 Å². The van der Waals surface area contributed by atoms with Gasteiger partial charge in [0, 0.05) is 14.7 Å². The molecule has 0 unspecified atom stereocenters. The van der Waals surface area contributed by atoms with Crippen molar-refractivity contribution >= 4 is 38.9 Å². The summed E-state index contributed by atoms with van der Waals surface area (Å²) in [6.45, 7) is 0. The minimum absolute atomic E-state index is 0.808. The Balaban J connectivity index is 2.41. The van der Waals surface area contributed by atoms with Crippen molar-refractivity contribution in [1.82, 2.24) is 0 Å². The van der Waals surface area contributed by atoms with E-state index in [9.17, 15) is 0 Å². The molecule has 0 aliphatic carbocycles. The summed E-state index contributed by atoms with van der Waals surface area (Å²) in [7, 11) is 0. The van der Waals surface area contributed by atoms with Gasteiger partial charge in [0.15, 0.2) is 0 Å². The Bertz CT molecular complexity index is 405. The van der Waals surface area contributed by atoms with E-state index < -0.39 is 0 Å². The molecule has 0 radical (unpaired) electrons. The third-order valence-corrected chi connectivity index (χ3v) is 3.55. The summed E-state index contributed by atoms with van der Waals surface area (Å²) < 4.78 is 1.10. The van der Waals surface area contributed by atoms with Crippen molar-refractivity contribution in [2.45, 2.75) is 0 Å². The lowest BCUT2D eigenvalue weighted by molar-refractivity contribution is 1.65. The van der Waals surface area contributed by atoms with Gasteiger partial charge in [-0.25, -0.2) is 0 Å². The summed E-state index contributed by atoms with van der Waals surface area (Å²) in [5, 5.41) is 2.75. The molecule has 2 rings (SSSR count). The summed E-state index contributed by atoms with van der Waals surface area (Å²) in [4.78, 5) is 1.21. The molecule has 0 spiro atoms. The van der Waals surface area contributed by atoms with Crippen LogP contribution in [0.25, 0.3) is 10.4 Å². The van der Waals surface area contributed by atoms with Crippen molar-refractivity contribution in [2.24, 2.45) is 0 Å². The predicted molar refractivity (Wildman–Crippen MR) is 62.5 cm³/mol. The molecule has 1 heterocycles. The summed E-state index contributed by atoms with van der Waals surface area (Å²) in [5.41, 5.74) is 1.21. The molecule has 13 heavy (non-hydrogen) atoms. The van der Waals surface area contributed by atoms with Gasteiger partial charge in [0.1, 0.15) is 0 Å². The highest BCUT2D eigenvalue weighted by atomic mass is 79.9. The van der Waals surface area contributed by atoms with Crippen molar-refractivity contribution in [3.63, 3.8) is 0 Å². The molecule has 66 valence electrons. The summed E-state index contributed by atoms with van der Waals surface area (Å²) in [5.74, 6) is 0. The van der Waals surface area contributed by atoms with E-state index in [4.69, 9.17) is 11.6 Å². The average Bonchev–Trinajstić information content (AvgIpc) is 2.53. The van der Waals surface area contributed by atoms with Crippen LogP contribution in [0.4, 0.5) is 0 Å². The first-order valence-electron chi connectivity index (χ1n) is 3.76. The third-order valence-electron chi connectivity index (χ3n) is 1.70. The van der Waals surface area contributed by atoms with Crippen molar-refractivity contribution in [2.75, 3.05) is 0 Å². The van der Waals surface area contributed by atoms with Gasteiger partial charge in [0.2, 0.25) is 0 Å². The zero-order valence-electron chi connectivity index (χ0n) is 6.63. The molecule has 0 saturated heterocycles. The van der Waals surface area contributed by atoms with Gasteiger partial charge in [0.25, 0.3) is 0 Å². The molecule has 2 aromatic rings. The highest BCUT2D eigenvalue weighted by Gasteiger charge is 2.00. The molecule has 0 bridgehead atoms. The number of rotatable bonds is 1. The standard InChI is InChI=1S/C10H6BrClS/c11-8-3-1-7(2-4-8)10-5-9(12)6-13-10/h1-6H. The fourth-order valence-corrected chi connectivity index (χ4v) is 2.43. The first-order valence-corrected chi connectivity index (χ1v) is 5.81. The van der Waals surface area contributed by atoms with Crippen molar-refractivity contribution in [3.05, 3.63) is 45.2 Å². The maximum absolute atomic E-state index is 5.84. The van der Waals surface area contributed by atoms with Crippen LogP contribution in [0.2, 0.25) is 5.02 Å². The molecule has 0 aliphatic heterocycles. The Labute approximate surface area is 94.3 Å². The second-order valence-corrected chi connectivity index (χ2v) is 4.90. The molecule has 0 fully saturated rings. The maximum atomic E-state index is 5.84. The number of benzene rings is 1. The predicted octanol–water partition coefficient (Wildman–Crippen LogP) is 4.83. The second-order valence-electron chi connectivity index (χ2n) is 2.64. The van der Waals surface area contributed by atoms with E-state index in [-0.39, 0.29) is 0 Å². The first kappa shape index (κ1) is 9.25. The number of hydrogen-bond donors (Lipinski definition) is 0. The molecule has 0 aliphatic rings. The van der Waals surface area contributed by atoms with E-state index in [0.717, 1.165) is 9.50 Å². The monoisotopic (exact) mass is 272 g/mol. The van der Waals surface area contributed by atoms with E-state index in [2.05, 4.69) is 28.1 Å². The largest absolute Gasteiger partial charge is 0.142 e. The van der Waals surface area contributed by atoms with Crippen LogP contribution >= 0.6 is 38.9 Å². The van der Waals surface area contributed by atoms with Gasteiger partial charge in [-0.15, -0.1) is 11.3 Å². The lowest BCUT2D eigenvalue weighted by atomic mass is 10.2. The van der Waals surface area contributed by atoms with Crippen LogP contribution in [0.3, 0.4) is 0 Å². The molecule has 0 amide bonds. The van der Waals surface area contributed by atoms with Gasteiger partial charge in [-0.3, -0.25) is 0 Å². The van der Waals surface area contributed by atoms with Gasteiger partial charge in [0.05, 0.1) is 5.02 Å². The normalized spacial score (nSPS) is 10.3. The molecule has 0 atom stereocenters. The van der Waals surface area contributed by atoms with E-state index in [0.29, 0.717) is 0 Å². The SMILES string of the molecule is Clc1csc(-c2ccc(Br)cc2)c1. The smallest absolute Gasteiger partial charge is 0.0519 e. The van der Waals surface area contributed by atoms with Crippen LogP contribution in [0.1, 0.15) is 0 Å². The van der Waals surface area contributed by atoms with Gasteiger partial charge in [-0.2, -0.15) is 0 Å². The molecule has 0 saturated carbocycles. The Morgan fingerprint density at radius 1 is 1.15 bits per heavy atom. The Morgan fingerprint density at radius 3 is 2.38 bits per heavy atom. The van der Waals surface area contributed by atoms with Gasteiger partial charge in [-0.1, -0.05) is 39.7 Å². The molecular formula is C10H6BrClS. The first-order chi connectivity index (χ1) is 6.25. The zero-order valence-corrected chi connectivity index (χ0v) is 9.79. The molecule has 0 N–H and O–H groups in total. The van der Waals surface area contributed by atoms with E-state index >= 15 is 0 Å². The summed E-state index contributed by atoms with van der Waals surface area (Å²) >= 11 is 10.9.